The molecule has 4 rings (SSSR count). The van der Waals surface area contributed by atoms with Gasteiger partial charge in [-0.05, 0) is 61.7 Å². The average Bonchev–Trinajstić information content (AvgIpc) is 3.22. The van der Waals surface area contributed by atoms with Crippen LogP contribution in [-0.4, -0.2) is 62.9 Å². The summed E-state index contributed by atoms with van der Waals surface area (Å²) in [7, 11) is 1.55. The van der Waals surface area contributed by atoms with Crippen molar-refractivity contribution >= 4 is 22.5 Å². The Kier molecular flexibility index (Phi) is 5.75. The topological polar surface area (TPSA) is 98.7 Å². The van der Waals surface area contributed by atoms with E-state index in [0.29, 0.717) is 36.5 Å². The number of pyridine rings is 1. The fourth-order valence-corrected chi connectivity index (χ4v) is 3.91. The predicted molar refractivity (Wildman–Crippen MR) is 120 cm³/mol. The molecule has 32 heavy (non-hydrogen) atoms. The molecule has 0 spiro atoms. The number of aliphatic hydroxyl groups excluding tert-OH is 1. The third-order valence-electron chi connectivity index (χ3n) is 5.75. The van der Waals surface area contributed by atoms with Crippen LogP contribution >= 0.6 is 0 Å². The molecule has 3 aromatic rings. The van der Waals surface area contributed by atoms with Crippen LogP contribution in [0.2, 0.25) is 0 Å². The molecule has 1 atom stereocenters. The van der Waals surface area contributed by atoms with E-state index in [2.05, 4.69) is 9.97 Å². The summed E-state index contributed by atoms with van der Waals surface area (Å²) in [5.41, 5.74) is 2.49. The van der Waals surface area contributed by atoms with Crippen molar-refractivity contribution in [1.82, 2.24) is 14.9 Å². The molecule has 1 amide bonds. The van der Waals surface area contributed by atoms with E-state index in [-0.39, 0.29) is 5.82 Å². The predicted octanol–water partition coefficient (Wildman–Crippen LogP) is 3.13. The first-order valence-electron chi connectivity index (χ1n) is 10.4. The molecule has 0 saturated heterocycles. The first-order valence-corrected chi connectivity index (χ1v) is 10.4. The summed E-state index contributed by atoms with van der Waals surface area (Å²) < 4.78 is 19.4. The van der Waals surface area contributed by atoms with Crippen LogP contribution in [0.5, 0.6) is 5.75 Å². The summed E-state index contributed by atoms with van der Waals surface area (Å²) in [4.78, 5) is 21.7. The molecular formula is C24H26FN3O4. The van der Waals surface area contributed by atoms with Crippen LogP contribution in [0, 0.1) is 5.82 Å². The standard InChI is InChI=1S/C24H26FN3O4/c1-24(2,31)21(29)23(30)28-10-7-14(8-11-28)19-13-18-16(6-9-26-22(18)27-19)17-12-15(25)4-5-20(17)32-3/h4-7,9,12-13,21,29,31H,8,10-11H2,1-3H3,(H,26,27)/t21-/m1/s1. The highest BCUT2D eigenvalue weighted by Gasteiger charge is 2.34. The number of aromatic amines is 1. The van der Waals surface area contributed by atoms with Crippen molar-refractivity contribution in [2.24, 2.45) is 0 Å². The molecule has 8 heteroatoms. The van der Waals surface area contributed by atoms with Crippen molar-refractivity contribution in [3.63, 3.8) is 0 Å². The van der Waals surface area contributed by atoms with Gasteiger partial charge in [0.2, 0.25) is 0 Å². The second kappa shape index (κ2) is 8.37. The van der Waals surface area contributed by atoms with Crippen LogP contribution in [0.3, 0.4) is 0 Å². The Morgan fingerprint density at radius 3 is 2.72 bits per heavy atom. The molecule has 0 fully saturated rings. The third-order valence-corrected chi connectivity index (χ3v) is 5.75. The van der Waals surface area contributed by atoms with E-state index in [9.17, 15) is 19.4 Å². The van der Waals surface area contributed by atoms with Crippen molar-refractivity contribution in [3.05, 3.63) is 54.1 Å². The van der Waals surface area contributed by atoms with Gasteiger partial charge in [0.25, 0.3) is 5.91 Å². The highest BCUT2D eigenvalue weighted by Crippen LogP contribution is 2.36. The van der Waals surface area contributed by atoms with Gasteiger partial charge < -0.3 is 24.8 Å². The van der Waals surface area contributed by atoms with Crippen molar-refractivity contribution in [2.45, 2.75) is 32.0 Å². The van der Waals surface area contributed by atoms with Gasteiger partial charge in [-0.25, -0.2) is 9.37 Å². The Labute approximate surface area is 185 Å². The molecule has 3 N–H and O–H groups in total. The number of rotatable bonds is 5. The zero-order chi connectivity index (χ0) is 23.0. The monoisotopic (exact) mass is 439 g/mol. The lowest BCUT2D eigenvalue weighted by Crippen LogP contribution is -2.50. The summed E-state index contributed by atoms with van der Waals surface area (Å²) in [6.07, 6.45) is 2.69. The number of H-pyrrole nitrogens is 1. The summed E-state index contributed by atoms with van der Waals surface area (Å²) in [6, 6.07) is 8.19. The van der Waals surface area contributed by atoms with E-state index < -0.39 is 17.6 Å². The smallest absolute Gasteiger partial charge is 0.254 e. The number of halogens is 1. The molecule has 0 saturated carbocycles. The number of nitrogens with one attached hydrogen (secondary N) is 1. The molecule has 2 aromatic heterocycles. The fraction of sp³-hybridized carbons (Fsp3) is 0.333. The quantitative estimate of drug-likeness (QED) is 0.567. The van der Waals surface area contributed by atoms with E-state index in [1.807, 2.05) is 18.2 Å². The second-order valence-electron chi connectivity index (χ2n) is 8.47. The second-order valence-corrected chi connectivity index (χ2v) is 8.47. The number of benzene rings is 1. The normalized spacial score (nSPS) is 15.6. The first kappa shape index (κ1) is 22.0. The maximum atomic E-state index is 13.9. The Morgan fingerprint density at radius 2 is 2.06 bits per heavy atom. The number of fused-ring (bicyclic) bond motifs is 1. The number of hydrogen-bond acceptors (Lipinski definition) is 5. The minimum absolute atomic E-state index is 0.328. The average molecular weight is 439 g/mol. The molecular weight excluding hydrogens is 413 g/mol. The number of hydrogen-bond donors (Lipinski definition) is 3. The van der Waals surface area contributed by atoms with Crippen LogP contribution in [0.4, 0.5) is 4.39 Å². The van der Waals surface area contributed by atoms with Crippen LogP contribution in [0.1, 0.15) is 26.0 Å². The van der Waals surface area contributed by atoms with Gasteiger partial charge in [-0.2, -0.15) is 0 Å². The van der Waals surface area contributed by atoms with E-state index in [4.69, 9.17) is 4.74 Å². The molecule has 7 nitrogen and oxygen atoms in total. The number of amides is 1. The van der Waals surface area contributed by atoms with Crippen LogP contribution < -0.4 is 4.74 Å². The number of carbonyl (C=O) groups excluding carboxylic acids is 1. The molecule has 0 unspecified atom stereocenters. The van der Waals surface area contributed by atoms with Gasteiger partial charge >= 0.3 is 0 Å². The van der Waals surface area contributed by atoms with Crippen LogP contribution in [0.25, 0.3) is 27.7 Å². The van der Waals surface area contributed by atoms with Gasteiger partial charge in [0.1, 0.15) is 17.2 Å². The third kappa shape index (κ3) is 4.11. The number of carbonyl (C=O) groups is 1. The lowest BCUT2D eigenvalue weighted by Gasteiger charge is -2.32. The molecule has 168 valence electrons. The lowest BCUT2D eigenvalue weighted by atomic mass is 9.98. The summed E-state index contributed by atoms with van der Waals surface area (Å²) in [5.74, 6) is -0.279. The molecule has 1 aliphatic heterocycles. The molecule has 1 aromatic carbocycles. The first-order chi connectivity index (χ1) is 15.2. The lowest BCUT2D eigenvalue weighted by molar-refractivity contribution is -0.152. The van der Waals surface area contributed by atoms with E-state index in [1.54, 1.807) is 19.4 Å². The SMILES string of the molecule is COc1ccc(F)cc1-c1ccnc2[nH]c(C3=CCN(C(=O)[C@@H](O)C(C)(C)O)CC3)cc12. The Hall–Kier alpha value is -3.23. The highest BCUT2D eigenvalue weighted by molar-refractivity contribution is 5.97. The van der Waals surface area contributed by atoms with E-state index in [0.717, 1.165) is 22.2 Å². The highest BCUT2D eigenvalue weighted by atomic mass is 19.1. The van der Waals surface area contributed by atoms with Crippen LogP contribution in [-0.2, 0) is 4.79 Å². The number of nitrogens with zero attached hydrogens (tertiary/aromatic N) is 2. The van der Waals surface area contributed by atoms with Gasteiger partial charge in [-0.1, -0.05) is 6.08 Å². The summed E-state index contributed by atoms with van der Waals surface area (Å²) in [5, 5.41) is 20.8. The molecule has 0 radical (unpaired) electrons. The number of aromatic nitrogens is 2. The zero-order valence-corrected chi connectivity index (χ0v) is 18.2. The van der Waals surface area contributed by atoms with E-state index in [1.165, 1.54) is 30.9 Å². The van der Waals surface area contributed by atoms with Crippen molar-refractivity contribution < 1.29 is 24.1 Å². The van der Waals surface area contributed by atoms with Gasteiger partial charge in [0, 0.05) is 35.9 Å². The van der Waals surface area contributed by atoms with Crippen LogP contribution in [0.15, 0.2) is 42.6 Å². The Morgan fingerprint density at radius 1 is 1.28 bits per heavy atom. The largest absolute Gasteiger partial charge is 0.496 e. The number of ether oxygens (including phenoxy) is 1. The number of methoxy groups -OCH3 is 1. The van der Waals surface area contributed by atoms with Crippen molar-refractivity contribution in [3.8, 4) is 16.9 Å². The number of aliphatic hydroxyl groups is 2. The molecule has 1 aliphatic rings. The van der Waals surface area contributed by atoms with Gasteiger partial charge in [-0.15, -0.1) is 0 Å². The molecule has 0 aliphatic carbocycles. The van der Waals surface area contributed by atoms with Gasteiger partial charge in [0.05, 0.1) is 12.7 Å². The molecule has 3 heterocycles. The zero-order valence-electron chi connectivity index (χ0n) is 18.2. The minimum atomic E-state index is -1.50. The minimum Gasteiger partial charge on any atom is -0.496 e. The van der Waals surface area contributed by atoms with Gasteiger partial charge in [0.15, 0.2) is 6.10 Å². The Balaban J connectivity index is 1.64. The Bertz CT molecular complexity index is 1200. The maximum absolute atomic E-state index is 13.9. The van der Waals surface area contributed by atoms with Gasteiger partial charge in [-0.3, -0.25) is 4.79 Å². The molecule has 0 bridgehead atoms. The van der Waals surface area contributed by atoms with Crippen molar-refractivity contribution in [2.75, 3.05) is 20.2 Å². The van der Waals surface area contributed by atoms with Crippen molar-refractivity contribution in [1.29, 1.82) is 0 Å². The summed E-state index contributed by atoms with van der Waals surface area (Å²) in [6.45, 7) is 3.56. The fourth-order valence-electron chi connectivity index (χ4n) is 3.91. The van der Waals surface area contributed by atoms with E-state index >= 15 is 0 Å². The summed E-state index contributed by atoms with van der Waals surface area (Å²) >= 11 is 0. The maximum Gasteiger partial charge on any atom is 0.254 e.